The van der Waals surface area contributed by atoms with Crippen LogP contribution in [0, 0.1) is 17.5 Å². The summed E-state index contributed by atoms with van der Waals surface area (Å²) in [4.78, 5) is 0. The zero-order chi connectivity index (χ0) is 11.0. The molecule has 15 heavy (non-hydrogen) atoms. The van der Waals surface area contributed by atoms with Crippen molar-refractivity contribution in [1.29, 1.82) is 0 Å². The number of benzene rings is 1. The SMILES string of the molecule is N[C@H]1C[C@H](Oc2cc(F)c(F)c(F)c2)C1. The Labute approximate surface area is 84.8 Å². The maximum absolute atomic E-state index is 12.8. The minimum Gasteiger partial charge on any atom is -0.490 e. The Bertz CT molecular complexity index is 354. The van der Waals surface area contributed by atoms with Crippen LogP contribution in [0.4, 0.5) is 13.2 Å². The zero-order valence-corrected chi connectivity index (χ0v) is 7.84. The molecule has 0 radical (unpaired) electrons. The summed E-state index contributed by atoms with van der Waals surface area (Å²) in [6.45, 7) is 0. The van der Waals surface area contributed by atoms with Crippen molar-refractivity contribution in [1.82, 2.24) is 0 Å². The average Bonchev–Trinajstić information content (AvgIpc) is 2.11. The van der Waals surface area contributed by atoms with Gasteiger partial charge in [0.25, 0.3) is 0 Å². The van der Waals surface area contributed by atoms with E-state index in [-0.39, 0.29) is 17.9 Å². The first-order valence-electron chi connectivity index (χ1n) is 4.63. The lowest BCUT2D eigenvalue weighted by Gasteiger charge is -2.32. The number of hydrogen-bond acceptors (Lipinski definition) is 2. The van der Waals surface area contributed by atoms with E-state index in [2.05, 4.69) is 0 Å². The quantitative estimate of drug-likeness (QED) is 0.768. The van der Waals surface area contributed by atoms with Crippen LogP contribution in [0.5, 0.6) is 5.75 Å². The summed E-state index contributed by atoms with van der Waals surface area (Å²) in [6.07, 6.45) is 1.19. The molecule has 2 rings (SSSR count). The van der Waals surface area contributed by atoms with Crippen LogP contribution in [0.2, 0.25) is 0 Å². The third-order valence-corrected chi connectivity index (χ3v) is 2.39. The van der Waals surface area contributed by atoms with Gasteiger partial charge in [0, 0.05) is 18.2 Å². The summed E-state index contributed by atoms with van der Waals surface area (Å²) < 4.78 is 43.3. The van der Waals surface area contributed by atoms with Crippen LogP contribution in [-0.4, -0.2) is 12.1 Å². The first kappa shape index (κ1) is 10.3. The van der Waals surface area contributed by atoms with Crippen LogP contribution >= 0.6 is 0 Å². The Morgan fingerprint density at radius 3 is 2.13 bits per heavy atom. The molecule has 2 nitrogen and oxygen atoms in total. The fraction of sp³-hybridized carbons (Fsp3) is 0.400. The fourth-order valence-corrected chi connectivity index (χ4v) is 1.50. The summed E-state index contributed by atoms with van der Waals surface area (Å²) in [7, 11) is 0. The van der Waals surface area contributed by atoms with Gasteiger partial charge in [-0.2, -0.15) is 0 Å². The number of nitrogens with two attached hydrogens (primary N) is 1. The van der Waals surface area contributed by atoms with Gasteiger partial charge < -0.3 is 10.5 Å². The van der Waals surface area contributed by atoms with E-state index in [0.717, 1.165) is 12.1 Å². The highest BCUT2D eigenvalue weighted by atomic mass is 19.2. The second-order valence-electron chi connectivity index (χ2n) is 3.67. The standard InChI is InChI=1S/C10H10F3NO/c11-8-3-7(4-9(12)10(8)13)15-6-1-5(14)2-6/h3-6H,1-2,14H2/t5-,6-. The molecule has 1 aromatic carbocycles. The number of ether oxygens (including phenoxy) is 1. The molecule has 82 valence electrons. The Morgan fingerprint density at radius 2 is 1.67 bits per heavy atom. The Kier molecular flexibility index (Phi) is 2.56. The van der Waals surface area contributed by atoms with Crippen LogP contribution in [0.1, 0.15) is 12.8 Å². The van der Waals surface area contributed by atoms with E-state index in [1.807, 2.05) is 0 Å². The topological polar surface area (TPSA) is 35.2 Å². The first-order chi connectivity index (χ1) is 7.06. The molecule has 0 bridgehead atoms. The van der Waals surface area contributed by atoms with Gasteiger partial charge in [-0.25, -0.2) is 13.2 Å². The maximum atomic E-state index is 12.8. The minimum atomic E-state index is -1.48. The largest absolute Gasteiger partial charge is 0.490 e. The molecular weight excluding hydrogens is 207 g/mol. The van der Waals surface area contributed by atoms with Crippen LogP contribution in [0.25, 0.3) is 0 Å². The highest BCUT2D eigenvalue weighted by Gasteiger charge is 2.28. The van der Waals surface area contributed by atoms with Gasteiger partial charge in [-0.3, -0.25) is 0 Å². The molecular formula is C10H10F3NO. The third kappa shape index (κ3) is 2.07. The molecule has 1 aliphatic carbocycles. The molecule has 0 aliphatic heterocycles. The fourth-order valence-electron chi connectivity index (χ4n) is 1.50. The summed E-state index contributed by atoms with van der Waals surface area (Å²) in [5.41, 5.74) is 5.52. The predicted octanol–water partition coefficient (Wildman–Crippen LogP) is 1.97. The minimum absolute atomic E-state index is 0.00306. The van der Waals surface area contributed by atoms with Crippen molar-refractivity contribution in [3.05, 3.63) is 29.6 Å². The van der Waals surface area contributed by atoms with Gasteiger partial charge in [-0.15, -0.1) is 0 Å². The summed E-state index contributed by atoms with van der Waals surface area (Å²) in [5, 5.41) is 0. The van der Waals surface area contributed by atoms with Crippen molar-refractivity contribution < 1.29 is 17.9 Å². The summed E-state index contributed by atoms with van der Waals surface area (Å²) >= 11 is 0. The van der Waals surface area contributed by atoms with Gasteiger partial charge in [0.2, 0.25) is 0 Å². The molecule has 0 spiro atoms. The van der Waals surface area contributed by atoms with Gasteiger partial charge in [0.15, 0.2) is 17.5 Å². The van der Waals surface area contributed by atoms with Gasteiger partial charge in [0.1, 0.15) is 11.9 Å². The van der Waals surface area contributed by atoms with Crippen molar-refractivity contribution in [3.8, 4) is 5.75 Å². The molecule has 1 aromatic rings. The number of rotatable bonds is 2. The zero-order valence-electron chi connectivity index (χ0n) is 7.84. The molecule has 2 N–H and O–H groups in total. The van der Waals surface area contributed by atoms with Crippen molar-refractivity contribution in [2.24, 2.45) is 5.73 Å². The lowest BCUT2D eigenvalue weighted by Crippen LogP contribution is -2.43. The Balaban J connectivity index is 2.09. The lowest BCUT2D eigenvalue weighted by atomic mass is 9.90. The highest BCUT2D eigenvalue weighted by Crippen LogP contribution is 2.26. The van der Waals surface area contributed by atoms with Gasteiger partial charge >= 0.3 is 0 Å². The van der Waals surface area contributed by atoms with E-state index in [1.54, 1.807) is 0 Å². The van der Waals surface area contributed by atoms with Gasteiger partial charge in [-0.05, 0) is 12.8 Å². The highest BCUT2D eigenvalue weighted by molar-refractivity contribution is 5.25. The van der Waals surface area contributed by atoms with E-state index >= 15 is 0 Å². The molecule has 5 heteroatoms. The van der Waals surface area contributed by atoms with Crippen molar-refractivity contribution in [3.63, 3.8) is 0 Å². The molecule has 0 amide bonds. The molecule has 1 fully saturated rings. The maximum Gasteiger partial charge on any atom is 0.194 e. The van der Waals surface area contributed by atoms with Crippen LogP contribution < -0.4 is 10.5 Å². The monoisotopic (exact) mass is 217 g/mol. The van der Waals surface area contributed by atoms with Crippen molar-refractivity contribution >= 4 is 0 Å². The summed E-state index contributed by atoms with van der Waals surface area (Å²) in [5.74, 6) is -3.96. The molecule has 0 saturated heterocycles. The van der Waals surface area contributed by atoms with Gasteiger partial charge in [0.05, 0.1) is 0 Å². The van der Waals surface area contributed by atoms with E-state index < -0.39 is 17.5 Å². The molecule has 0 heterocycles. The van der Waals surface area contributed by atoms with E-state index in [1.165, 1.54) is 0 Å². The third-order valence-electron chi connectivity index (χ3n) is 2.39. The molecule has 1 saturated carbocycles. The normalized spacial score (nSPS) is 24.8. The van der Waals surface area contributed by atoms with Gasteiger partial charge in [-0.1, -0.05) is 0 Å². The predicted molar refractivity (Wildman–Crippen MR) is 47.9 cm³/mol. The van der Waals surface area contributed by atoms with Crippen LogP contribution in [0.15, 0.2) is 12.1 Å². The molecule has 1 aliphatic rings. The van der Waals surface area contributed by atoms with Crippen molar-refractivity contribution in [2.45, 2.75) is 25.0 Å². The molecule has 0 atom stereocenters. The van der Waals surface area contributed by atoms with Crippen LogP contribution in [0.3, 0.4) is 0 Å². The Morgan fingerprint density at radius 1 is 1.13 bits per heavy atom. The molecule has 0 unspecified atom stereocenters. The first-order valence-corrected chi connectivity index (χ1v) is 4.63. The van der Waals surface area contributed by atoms with E-state index in [4.69, 9.17) is 10.5 Å². The lowest BCUT2D eigenvalue weighted by molar-refractivity contribution is 0.0998. The molecule has 0 aromatic heterocycles. The van der Waals surface area contributed by atoms with E-state index in [0.29, 0.717) is 12.8 Å². The number of halogens is 3. The van der Waals surface area contributed by atoms with E-state index in [9.17, 15) is 13.2 Å². The van der Waals surface area contributed by atoms with Crippen LogP contribution in [-0.2, 0) is 0 Å². The second-order valence-corrected chi connectivity index (χ2v) is 3.67. The average molecular weight is 217 g/mol. The number of hydrogen-bond donors (Lipinski definition) is 1. The van der Waals surface area contributed by atoms with Crippen molar-refractivity contribution in [2.75, 3.05) is 0 Å². The smallest absolute Gasteiger partial charge is 0.194 e. The Hall–Kier alpha value is -1.23. The summed E-state index contributed by atoms with van der Waals surface area (Å²) in [6, 6.07) is 1.76. The second kappa shape index (κ2) is 3.73.